The maximum atomic E-state index is 12.5. The van der Waals surface area contributed by atoms with Gasteiger partial charge in [0, 0.05) is 6.54 Å². The molecular formula is C25H20N2O4. The highest BCUT2D eigenvalue weighted by Crippen LogP contribution is 2.22. The summed E-state index contributed by atoms with van der Waals surface area (Å²) in [5, 5.41) is 4.47. The summed E-state index contributed by atoms with van der Waals surface area (Å²) in [4.78, 5) is 37.3. The van der Waals surface area contributed by atoms with E-state index >= 15 is 0 Å². The maximum absolute atomic E-state index is 12.5. The summed E-state index contributed by atoms with van der Waals surface area (Å²) in [5.74, 6) is -0.700. The molecule has 154 valence electrons. The van der Waals surface area contributed by atoms with Gasteiger partial charge in [0.2, 0.25) is 0 Å². The fourth-order valence-corrected chi connectivity index (χ4v) is 3.40. The highest BCUT2D eigenvalue weighted by atomic mass is 16.5. The number of hydrogen-bond donors (Lipinski definition) is 1. The topological polar surface area (TPSA) is 75.7 Å². The third kappa shape index (κ3) is 4.23. The van der Waals surface area contributed by atoms with Crippen LogP contribution in [0, 0.1) is 0 Å². The predicted octanol–water partition coefficient (Wildman–Crippen LogP) is 4.07. The first-order valence-electron chi connectivity index (χ1n) is 9.76. The summed E-state index contributed by atoms with van der Waals surface area (Å²) in [6.45, 7) is 3.97. The molecule has 4 rings (SSSR count). The van der Waals surface area contributed by atoms with Crippen molar-refractivity contribution in [3.8, 4) is 5.75 Å². The molecule has 1 heterocycles. The predicted molar refractivity (Wildman–Crippen MR) is 118 cm³/mol. The van der Waals surface area contributed by atoms with Crippen LogP contribution in [0.15, 0.2) is 85.0 Å². The Morgan fingerprint density at radius 1 is 0.935 bits per heavy atom. The molecule has 0 unspecified atom stereocenters. The average molecular weight is 412 g/mol. The second kappa shape index (κ2) is 8.67. The van der Waals surface area contributed by atoms with Gasteiger partial charge in [0.05, 0.1) is 0 Å². The minimum absolute atomic E-state index is 0.0240. The number of barbiturate groups is 1. The van der Waals surface area contributed by atoms with Crippen LogP contribution in [-0.2, 0) is 16.2 Å². The summed E-state index contributed by atoms with van der Waals surface area (Å²) in [6.07, 6.45) is 2.88. The number of carbonyl (C=O) groups excluding carboxylic acids is 3. The molecule has 0 bridgehead atoms. The Bertz CT molecular complexity index is 1210. The molecule has 1 fully saturated rings. The third-order valence-electron chi connectivity index (χ3n) is 4.96. The van der Waals surface area contributed by atoms with Crippen molar-refractivity contribution >= 4 is 34.7 Å². The van der Waals surface area contributed by atoms with Gasteiger partial charge in [0.1, 0.15) is 17.9 Å². The van der Waals surface area contributed by atoms with Crippen LogP contribution in [0.2, 0.25) is 0 Å². The Hall–Kier alpha value is -4.19. The van der Waals surface area contributed by atoms with Gasteiger partial charge in [-0.2, -0.15) is 0 Å². The van der Waals surface area contributed by atoms with E-state index in [1.165, 1.54) is 12.2 Å². The minimum atomic E-state index is -0.746. The van der Waals surface area contributed by atoms with Crippen LogP contribution in [-0.4, -0.2) is 29.3 Å². The van der Waals surface area contributed by atoms with Crippen molar-refractivity contribution in [3.05, 3.63) is 96.1 Å². The smallest absolute Gasteiger partial charge is 0.331 e. The molecule has 3 aromatic rings. The van der Waals surface area contributed by atoms with E-state index in [9.17, 15) is 14.4 Å². The molecule has 1 saturated heterocycles. The van der Waals surface area contributed by atoms with Gasteiger partial charge in [0.15, 0.2) is 0 Å². The Kier molecular flexibility index (Phi) is 5.62. The average Bonchev–Trinajstić information content (AvgIpc) is 2.79. The molecule has 1 N–H and O–H groups in total. The molecule has 3 aromatic carbocycles. The molecule has 6 nitrogen and oxygen atoms in total. The number of imide groups is 2. The third-order valence-corrected chi connectivity index (χ3v) is 4.96. The number of ether oxygens (including phenoxy) is 1. The standard InChI is InChI=1S/C25H20N2O4/c1-2-14-27-24(29)22(23(28)26-25(27)30)15-17-10-12-20(13-11-17)31-16-19-8-5-7-18-6-3-4-9-21(18)19/h2-13,15H,1,14,16H2,(H,26,28,30). The molecule has 1 aliphatic rings. The molecule has 4 amide bonds. The van der Waals surface area contributed by atoms with Gasteiger partial charge in [-0.25, -0.2) is 4.79 Å². The van der Waals surface area contributed by atoms with Gasteiger partial charge in [0.25, 0.3) is 11.8 Å². The molecule has 0 aromatic heterocycles. The van der Waals surface area contributed by atoms with E-state index in [-0.39, 0.29) is 12.1 Å². The second-order valence-electron chi connectivity index (χ2n) is 7.02. The van der Waals surface area contributed by atoms with E-state index in [0.717, 1.165) is 21.2 Å². The fraction of sp³-hybridized carbons (Fsp3) is 0.0800. The van der Waals surface area contributed by atoms with Crippen LogP contribution in [0.25, 0.3) is 16.8 Å². The lowest BCUT2D eigenvalue weighted by molar-refractivity contribution is -0.129. The van der Waals surface area contributed by atoms with Crippen molar-refractivity contribution < 1.29 is 19.1 Å². The van der Waals surface area contributed by atoms with Crippen molar-refractivity contribution in [2.24, 2.45) is 0 Å². The zero-order valence-electron chi connectivity index (χ0n) is 16.7. The molecule has 6 heteroatoms. The van der Waals surface area contributed by atoms with Crippen molar-refractivity contribution in [1.29, 1.82) is 0 Å². The van der Waals surface area contributed by atoms with E-state index in [1.807, 2.05) is 24.3 Å². The molecular weight excluding hydrogens is 392 g/mol. The summed E-state index contributed by atoms with van der Waals surface area (Å²) < 4.78 is 5.92. The highest BCUT2D eigenvalue weighted by Gasteiger charge is 2.34. The van der Waals surface area contributed by atoms with Gasteiger partial charge < -0.3 is 4.74 Å². The van der Waals surface area contributed by atoms with Crippen molar-refractivity contribution in [2.45, 2.75) is 6.61 Å². The van der Waals surface area contributed by atoms with Crippen molar-refractivity contribution in [3.63, 3.8) is 0 Å². The van der Waals surface area contributed by atoms with Crippen molar-refractivity contribution in [1.82, 2.24) is 10.2 Å². The zero-order valence-corrected chi connectivity index (χ0v) is 16.7. The van der Waals surface area contributed by atoms with E-state index in [2.05, 4.69) is 30.1 Å². The molecule has 0 saturated carbocycles. The van der Waals surface area contributed by atoms with E-state index in [4.69, 9.17) is 4.74 Å². The number of urea groups is 1. The zero-order chi connectivity index (χ0) is 21.8. The Morgan fingerprint density at radius 3 is 2.45 bits per heavy atom. The van der Waals surface area contributed by atoms with Crippen LogP contribution in [0.1, 0.15) is 11.1 Å². The van der Waals surface area contributed by atoms with Crippen LogP contribution in [0.4, 0.5) is 4.79 Å². The maximum Gasteiger partial charge on any atom is 0.331 e. The first-order valence-corrected chi connectivity index (χ1v) is 9.76. The van der Waals surface area contributed by atoms with E-state index in [1.54, 1.807) is 24.3 Å². The monoisotopic (exact) mass is 412 g/mol. The molecule has 31 heavy (non-hydrogen) atoms. The van der Waals surface area contributed by atoms with Gasteiger partial charge in [-0.1, -0.05) is 60.7 Å². The first kappa shape index (κ1) is 20.1. The van der Waals surface area contributed by atoms with Gasteiger partial charge >= 0.3 is 6.03 Å². The molecule has 0 spiro atoms. The number of carbonyl (C=O) groups is 3. The van der Waals surface area contributed by atoms with Crippen LogP contribution >= 0.6 is 0 Å². The lowest BCUT2D eigenvalue weighted by Crippen LogP contribution is -2.54. The largest absolute Gasteiger partial charge is 0.489 e. The van der Waals surface area contributed by atoms with Crippen LogP contribution in [0.3, 0.4) is 0 Å². The van der Waals surface area contributed by atoms with Gasteiger partial charge in [-0.3, -0.25) is 19.8 Å². The van der Waals surface area contributed by atoms with E-state index < -0.39 is 17.8 Å². The Labute approximate surface area is 179 Å². The van der Waals surface area contributed by atoms with E-state index in [0.29, 0.717) is 17.9 Å². The molecule has 0 atom stereocenters. The normalized spacial score (nSPS) is 15.3. The number of hydrogen-bond acceptors (Lipinski definition) is 4. The number of amides is 4. The Balaban J connectivity index is 1.49. The number of rotatable bonds is 6. The quantitative estimate of drug-likeness (QED) is 0.376. The summed E-state index contributed by atoms with van der Waals surface area (Å²) in [7, 11) is 0. The lowest BCUT2D eigenvalue weighted by atomic mass is 10.1. The Morgan fingerprint density at radius 2 is 1.68 bits per heavy atom. The number of benzene rings is 3. The molecule has 0 aliphatic carbocycles. The summed E-state index contributed by atoms with van der Waals surface area (Å²) in [5.41, 5.74) is 1.62. The number of nitrogens with zero attached hydrogens (tertiary/aromatic N) is 1. The summed E-state index contributed by atoms with van der Waals surface area (Å²) in [6, 6.07) is 20.5. The molecule has 1 aliphatic heterocycles. The van der Waals surface area contributed by atoms with Crippen LogP contribution < -0.4 is 10.1 Å². The minimum Gasteiger partial charge on any atom is -0.489 e. The van der Waals surface area contributed by atoms with Gasteiger partial charge in [-0.15, -0.1) is 6.58 Å². The van der Waals surface area contributed by atoms with Crippen LogP contribution in [0.5, 0.6) is 5.75 Å². The summed E-state index contributed by atoms with van der Waals surface area (Å²) >= 11 is 0. The van der Waals surface area contributed by atoms with Gasteiger partial charge in [-0.05, 0) is 40.1 Å². The second-order valence-corrected chi connectivity index (χ2v) is 7.02. The highest BCUT2D eigenvalue weighted by molar-refractivity contribution is 6.31. The number of fused-ring (bicyclic) bond motifs is 1. The SMILES string of the molecule is C=CCN1C(=O)NC(=O)C(=Cc2ccc(OCc3cccc4ccccc34)cc2)C1=O. The fourth-order valence-electron chi connectivity index (χ4n) is 3.40. The lowest BCUT2D eigenvalue weighted by Gasteiger charge is -2.25. The first-order chi connectivity index (χ1) is 15.1. The van der Waals surface area contributed by atoms with Crippen molar-refractivity contribution in [2.75, 3.05) is 6.54 Å². The molecule has 0 radical (unpaired) electrons. The number of nitrogens with one attached hydrogen (secondary N) is 1.